The lowest BCUT2D eigenvalue weighted by Gasteiger charge is -1.96. The van der Waals surface area contributed by atoms with Crippen molar-refractivity contribution >= 4 is 27.2 Å². The van der Waals surface area contributed by atoms with Gasteiger partial charge in [-0.25, -0.2) is 4.98 Å². The first-order chi connectivity index (χ1) is 8.24. The van der Waals surface area contributed by atoms with Crippen molar-refractivity contribution in [1.29, 1.82) is 0 Å². The standard InChI is InChI=1S/C14H12N2S/c1-9-3-2-4-12-11(9)7-13(17-12)10-5-6-14(15)16-8-10/h2-8H,1H3,(H2,15,16). The van der Waals surface area contributed by atoms with Crippen molar-refractivity contribution in [1.82, 2.24) is 4.98 Å². The molecule has 2 aromatic heterocycles. The van der Waals surface area contributed by atoms with Crippen LogP contribution in [-0.2, 0) is 0 Å². The molecule has 0 saturated heterocycles. The molecule has 2 heterocycles. The predicted molar refractivity (Wildman–Crippen MR) is 74.2 cm³/mol. The minimum absolute atomic E-state index is 0.561. The van der Waals surface area contributed by atoms with Crippen LogP contribution in [0.3, 0.4) is 0 Å². The van der Waals surface area contributed by atoms with Gasteiger partial charge in [0.05, 0.1) is 0 Å². The van der Waals surface area contributed by atoms with Gasteiger partial charge in [0.15, 0.2) is 0 Å². The number of hydrogen-bond acceptors (Lipinski definition) is 3. The summed E-state index contributed by atoms with van der Waals surface area (Å²) in [5.41, 5.74) is 8.03. The number of aryl methyl sites for hydroxylation is 1. The highest BCUT2D eigenvalue weighted by molar-refractivity contribution is 7.22. The van der Waals surface area contributed by atoms with Crippen LogP contribution in [0.4, 0.5) is 5.82 Å². The van der Waals surface area contributed by atoms with Crippen molar-refractivity contribution in [3.8, 4) is 10.4 Å². The van der Waals surface area contributed by atoms with Gasteiger partial charge in [-0.3, -0.25) is 0 Å². The quantitative estimate of drug-likeness (QED) is 0.701. The molecule has 0 unspecified atom stereocenters. The van der Waals surface area contributed by atoms with Crippen molar-refractivity contribution in [3.63, 3.8) is 0 Å². The van der Waals surface area contributed by atoms with Crippen LogP contribution in [0.15, 0.2) is 42.6 Å². The Morgan fingerprint density at radius 3 is 2.76 bits per heavy atom. The van der Waals surface area contributed by atoms with Crippen molar-refractivity contribution in [2.75, 3.05) is 5.73 Å². The smallest absolute Gasteiger partial charge is 0.123 e. The van der Waals surface area contributed by atoms with Gasteiger partial charge in [-0.1, -0.05) is 12.1 Å². The third-order valence-electron chi connectivity index (χ3n) is 2.85. The second kappa shape index (κ2) is 3.86. The highest BCUT2D eigenvalue weighted by Crippen LogP contribution is 2.34. The second-order valence-corrected chi connectivity index (χ2v) is 5.15. The van der Waals surface area contributed by atoms with E-state index < -0.39 is 0 Å². The summed E-state index contributed by atoms with van der Waals surface area (Å²) in [5, 5.41) is 1.32. The molecule has 17 heavy (non-hydrogen) atoms. The Balaban J connectivity index is 2.18. The van der Waals surface area contributed by atoms with E-state index in [9.17, 15) is 0 Å². The number of nitrogens with two attached hydrogens (primary N) is 1. The Morgan fingerprint density at radius 1 is 1.18 bits per heavy atom. The maximum atomic E-state index is 5.60. The van der Waals surface area contributed by atoms with Gasteiger partial charge in [0, 0.05) is 21.3 Å². The molecule has 0 aliphatic rings. The maximum Gasteiger partial charge on any atom is 0.123 e. The summed E-state index contributed by atoms with van der Waals surface area (Å²) >= 11 is 1.79. The summed E-state index contributed by atoms with van der Waals surface area (Å²) in [6.45, 7) is 2.14. The highest BCUT2D eigenvalue weighted by Gasteiger charge is 2.05. The van der Waals surface area contributed by atoms with E-state index in [1.807, 2.05) is 18.3 Å². The summed E-state index contributed by atoms with van der Waals surface area (Å²) in [6.07, 6.45) is 1.83. The van der Waals surface area contributed by atoms with Gasteiger partial charge in [0.25, 0.3) is 0 Å². The average molecular weight is 240 g/mol. The first-order valence-corrected chi connectivity index (χ1v) is 6.27. The van der Waals surface area contributed by atoms with E-state index >= 15 is 0 Å². The Morgan fingerprint density at radius 2 is 2.06 bits per heavy atom. The van der Waals surface area contributed by atoms with Crippen LogP contribution in [0.5, 0.6) is 0 Å². The number of nitrogen functional groups attached to an aromatic ring is 1. The van der Waals surface area contributed by atoms with Gasteiger partial charge in [0.2, 0.25) is 0 Å². The largest absolute Gasteiger partial charge is 0.384 e. The van der Waals surface area contributed by atoms with Crippen LogP contribution in [-0.4, -0.2) is 4.98 Å². The topological polar surface area (TPSA) is 38.9 Å². The van der Waals surface area contributed by atoms with E-state index in [1.165, 1.54) is 20.5 Å². The number of hydrogen-bond donors (Lipinski definition) is 1. The number of aromatic nitrogens is 1. The van der Waals surface area contributed by atoms with Crippen molar-refractivity contribution < 1.29 is 0 Å². The summed E-state index contributed by atoms with van der Waals surface area (Å²) in [7, 11) is 0. The zero-order chi connectivity index (χ0) is 11.8. The summed E-state index contributed by atoms with van der Waals surface area (Å²) in [6, 6.07) is 12.5. The number of anilines is 1. The van der Waals surface area contributed by atoms with Gasteiger partial charge in [-0.15, -0.1) is 11.3 Å². The second-order valence-electron chi connectivity index (χ2n) is 4.07. The molecule has 1 aromatic carbocycles. The van der Waals surface area contributed by atoms with E-state index in [0.717, 1.165) is 5.56 Å². The fraction of sp³-hybridized carbons (Fsp3) is 0.0714. The fourth-order valence-corrected chi connectivity index (χ4v) is 3.03. The molecule has 0 fully saturated rings. The molecule has 0 radical (unpaired) electrons. The van der Waals surface area contributed by atoms with Crippen molar-refractivity contribution in [3.05, 3.63) is 48.2 Å². The van der Waals surface area contributed by atoms with Crippen molar-refractivity contribution in [2.45, 2.75) is 6.92 Å². The molecule has 0 saturated carbocycles. The summed E-state index contributed by atoms with van der Waals surface area (Å²) in [4.78, 5) is 5.37. The molecule has 2 nitrogen and oxygen atoms in total. The molecule has 0 amide bonds. The first kappa shape index (κ1) is 10.3. The average Bonchev–Trinajstić information content (AvgIpc) is 2.75. The number of benzene rings is 1. The first-order valence-electron chi connectivity index (χ1n) is 5.45. The van der Waals surface area contributed by atoms with Gasteiger partial charge in [-0.05, 0) is 42.1 Å². The zero-order valence-corrected chi connectivity index (χ0v) is 10.3. The molecule has 0 atom stereocenters. The number of pyridine rings is 1. The number of nitrogens with zero attached hydrogens (tertiary/aromatic N) is 1. The minimum Gasteiger partial charge on any atom is -0.384 e. The number of rotatable bonds is 1. The van der Waals surface area contributed by atoms with E-state index in [-0.39, 0.29) is 0 Å². The van der Waals surface area contributed by atoms with Crippen LogP contribution >= 0.6 is 11.3 Å². The minimum atomic E-state index is 0.561. The van der Waals surface area contributed by atoms with Gasteiger partial charge >= 0.3 is 0 Å². The Kier molecular flexibility index (Phi) is 2.34. The molecular formula is C14H12N2S. The lowest BCUT2D eigenvalue weighted by molar-refractivity contribution is 1.34. The fourth-order valence-electron chi connectivity index (χ4n) is 1.90. The molecular weight excluding hydrogens is 228 g/mol. The lowest BCUT2D eigenvalue weighted by Crippen LogP contribution is -1.87. The molecule has 3 heteroatoms. The monoisotopic (exact) mass is 240 g/mol. The van der Waals surface area contributed by atoms with E-state index in [2.05, 4.69) is 36.2 Å². The summed E-state index contributed by atoms with van der Waals surface area (Å²) < 4.78 is 1.32. The van der Waals surface area contributed by atoms with Crippen molar-refractivity contribution in [2.24, 2.45) is 0 Å². The van der Waals surface area contributed by atoms with Crippen LogP contribution in [0.1, 0.15) is 5.56 Å². The van der Waals surface area contributed by atoms with Crippen LogP contribution in [0.25, 0.3) is 20.5 Å². The third-order valence-corrected chi connectivity index (χ3v) is 4.00. The Hall–Kier alpha value is -1.87. The van der Waals surface area contributed by atoms with Crippen LogP contribution in [0, 0.1) is 6.92 Å². The highest BCUT2D eigenvalue weighted by atomic mass is 32.1. The van der Waals surface area contributed by atoms with Crippen LogP contribution in [0.2, 0.25) is 0 Å². The van der Waals surface area contributed by atoms with E-state index in [1.54, 1.807) is 11.3 Å². The van der Waals surface area contributed by atoms with E-state index in [4.69, 9.17) is 5.73 Å². The van der Waals surface area contributed by atoms with Gasteiger partial charge in [0.1, 0.15) is 5.82 Å². The van der Waals surface area contributed by atoms with E-state index in [0.29, 0.717) is 5.82 Å². The normalized spacial score (nSPS) is 10.9. The Labute approximate surface area is 104 Å². The molecule has 84 valence electrons. The maximum absolute atomic E-state index is 5.60. The molecule has 0 spiro atoms. The third kappa shape index (κ3) is 1.78. The zero-order valence-electron chi connectivity index (χ0n) is 9.47. The SMILES string of the molecule is Cc1cccc2sc(-c3ccc(N)nc3)cc12. The molecule has 0 bridgehead atoms. The molecule has 3 aromatic rings. The van der Waals surface area contributed by atoms with Gasteiger partial charge in [-0.2, -0.15) is 0 Å². The summed E-state index contributed by atoms with van der Waals surface area (Å²) in [5.74, 6) is 0.561. The lowest BCUT2D eigenvalue weighted by atomic mass is 10.1. The predicted octanol–water partition coefficient (Wildman–Crippen LogP) is 3.85. The van der Waals surface area contributed by atoms with Crippen LogP contribution < -0.4 is 5.73 Å². The molecule has 2 N–H and O–H groups in total. The van der Waals surface area contributed by atoms with Gasteiger partial charge < -0.3 is 5.73 Å². The Bertz CT molecular complexity index is 668. The molecule has 0 aliphatic carbocycles. The number of thiophene rings is 1. The molecule has 3 rings (SSSR count). The number of fused-ring (bicyclic) bond motifs is 1. The molecule has 0 aliphatic heterocycles.